The molecule has 0 heterocycles. The molecule has 0 N–H and O–H groups in total. The highest BCUT2D eigenvalue weighted by Crippen LogP contribution is 2.34. The van der Waals surface area contributed by atoms with Gasteiger partial charge in [-0.1, -0.05) is 18.2 Å². The van der Waals surface area contributed by atoms with E-state index in [2.05, 4.69) is 0 Å². The first-order valence-corrected chi connectivity index (χ1v) is 5.22. The van der Waals surface area contributed by atoms with Crippen LogP contribution in [0, 0.1) is 23.3 Å². The Morgan fingerprint density at radius 1 is 0.850 bits per heavy atom. The zero-order chi connectivity index (χ0) is 14.9. The molecule has 0 radical (unpaired) electrons. The fourth-order valence-electron chi connectivity index (χ4n) is 1.49. The molecule has 0 aliphatic heterocycles. The number of halogens is 5. The first-order valence-electron chi connectivity index (χ1n) is 5.22. The summed E-state index contributed by atoms with van der Waals surface area (Å²) in [4.78, 5) is 10.7. The van der Waals surface area contributed by atoms with Gasteiger partial charge in [0.25, 0.3) is 0 Å². The molecule has 2 rings (SSSR count). The Morgan fingerprint density at radius 2 is 1.40 bits per heavy atom. The topological polar surface area (TPSA) is 26.3 Å². The van der Waals surface area contributed by atoms with Gasteiger partial charge in [0.15, 0.2) is 17.4 Å². The van der Waals surface area contributed by atoms with E-state index < -0.39 is 40.6 Å². The van der Waals surface area contributed by atoms with E-state index in [0.717, 1.165) is 0 Å². The second-order valence-electron chi connectivity index (χ2n) is 3.65. The van der Waals surface area contributed by atoms with Gasteiger partial charge in [-0.15, -0.1) is 0 Å². The Kier molecular flexibility index (Phi) is 3.69. The van der Waals surface area contributed by atoms with Crippen LogP contribution in [0.2, 0.25) is 0 Å². The first kappa shape index (κ1) is 14.0. The van der Waals surface area contributed by atoms with Crippen LogP contribution in [0.4, 0.5) is 22.0 Å². The van der Waals surface area contributed by atoms with Crippen molar-refractivity contribution in [3.63, 3.8) is 0 Å². The molecule has 0 fully saturated rings. The number of hydrogen-bond donors (Lipinski definition) is 0. The molecular weight excluding hydrogens is 283 g/mol. The van der Waals surface area contributed by atoms with E-state index in [1.54, 1.807) is 6.07 Å². The van der Waals surface area contributed by atoms with Crippen molar-refractivity contribution in [2.45, 2.75) is 0 Å². The van der Waals surface area contributed by atoms with Gasteiger partial charge in [0.05, 0.1) is 0 Å². The van der Waals surface area contributed by atoms with Gasteiger partial charge in [-0.2, -0.15) is 8.78 Å². The largest absolute Gasteiger partial charge is 0.453 e. The third-order valence-corrected chi connectivity index (χ3v) is 2.38. The van der Waals surface area contributed by atoms with Gasteiger partial charge in [0.1, 0.15) is 11.3 Å². The van der Waals surface area contributed by atoms with Crippen LogP contribution >= 0.6 is 0 Å². The molecule has 7 heteroatoms. The van der Waals surface area contributed by atoms with E-state index in [1.807, 2.05) is 0 Å². The van der Waals surface area contributed by atoms with Gasteiger partial charge in [-0.25, -0.2) is 13.2 Å². The minimum atomic E-state index is -2.48. The lowest BCUT2D eigenvalue weighted by molar-refractivity contribution is 0.0825. The van der Waals surface area contributed by atoms with Crippen molar-refractivity contribution in [3.8, 4) is 11.5 Å². The zero-order valence-corrected chi connectivity index (χ0v) is 9.59. The van der Waals surface area contributed by atoms with Crippen LogP contribution in [0.15, 0.2) is 30.3 Å². The van der Waals surface area contributed by atoms with Crippen LogP contribution in [0.5, 0.6) is 11.5 Å². The van der Waals surface area contributed by atoms with Crippen molar-refractivity contribution in [3.05, 3.63) is 59.2 Å². The van der Waals surface area contributed by atoms with E-state index in [1.165, 1.54) is 24.3 Å². The Hall–Kier alpha value is -2.44. The summed E-state index contributed by atoms with van der Waals surface area (Å²) in [5, 5.41) is 0. The number of rotatable bonds is 3. The first-order chi connectivity index (χ1) is 9.43. The molecule has 20 heavy (non-hydrogen) atoms. The minimum absolute atomic E-state index is 0.112. The average Bonchev–Trinajstić information content (AvgIpc) is 2.43. The number of benzene rings is 2. The number of carbonyl (C=O) groups is 1. The van der Waals surface area contributed by atoms with E-state index in [0.29, 0.717) is 0 Å². The van der Waals surface area contributed by atoms with Gasteiger partial charge < -0.3 is 4.74 Å². The predicted octanol–water partition coefficient (Wildman–Crippen LogP) is 4.15. The summed E-state index contributed by atoms with van der Waals surface area (Å²) in [6.07, 6.45) is 0. The summed E-state index contributed by atoms with van der Waals surface area (Å²) >= 11 is 0. The van der Waals surface area contributed by atoms with Gasteiger partial charge in [-0.3, -0.25) is 4.79 Å². The molecule has 0 spiro atoms. The summed E-state index contributed by atoms with van der Waals surface area (Å²) < 4.78 is 70.4. The van der Waals surface area contributed by atoms with E-state index in [4.69, 9.17) is 4.74 Å². The lowest BCUT2D eigenvalue weighted by Gasteiger charge is -2.11. The van der Waals surface area contributed by atoms with Crippen molar-refractivity contribution < 1.29 is 31.5 Å². The van der Waals surface area contributed by atoms with Gasteiger partial charge >= 0.3 is 6.04 Å². The summed E-state index contributed by atoms with van der Waals surface area (Å²) in [6.45, 7) is 0. The number of hydrogen-bond acceptors (Lipinski definition) is 2. The molecule has 0 bridgehead atoms. The Morgan fingerprint density at radius 3 is 1.95 bits per heavy atom. The summed E-state index contributed by atoms with van der Waals surface area (Å²) in [5.41, 5.74) is -1.63. The number of carbonyl (C=O) groups excluding carboxylic acids is 1. The quantitative estimate of drug-likeness (QED) is 0.367. The Balaban J connectivity index is 2.65. The number of para-hydroxylation sites is 1. The molecule has 0 unspecified atom stereocenters. The fraction of sp³-hybridized carbons (Fsp3) is 0. The second-order valence-corrected chi connectivity index (χ2v) is 3.65. The lowest BCUT2D eigenvalue weighted by atomic mass is 10.1. The van der Waals surface area contributed by atoms with E-state index >= 15 is 0 Å². The summed E-state index contributed by atoms with van der Waals surface area (Å²) in [6, 6.07) is 4.51. The lowest BCUT2D eigenvalue weighted by Crippen LogP contribution is -2.08. The maximum absolute atomic E-state index is 13.5. The average molecular weight is 288 g/mol. The Bertz CT molecular complexity index is 670. The summed E-state index contributed by atoms with van der Waals surface area (Å²) in [5.74, 6) is -10.1. The van der Waals surface area contributed by atoms with Crippen molar-refractivity contribution in [2.24, 2.45) is 0 Å². The van der Waals surface area contributed by atoms with Crippen molar-refractivity contribution in [1.82, 2.24) is 0 Å². The van der Waals surface area contributed by atoms with E-state index in [-0.39, 0.29) is 5.75 Å². The third-order valence-electron chi connectivity index (χ3n) is 2.38. The van der Waals surface area contributed by atoms with Crippen molar-refractivity contribution >= 4 is 6.04 Å². The second kappa shape index (κ2) is 5.28. The molecule has 0 amide bonds. The molecular formula is C13H5F5O2. The molecule has 0 atom stereocenters. The standard InChI is InChI=1S/C13H5F5O2/c14-8-7(13(18)19)12(11(17)10(16)9(8)15)20-6-4-2-1-3-5-6/h1-5H. The monoisotopic (exact) mass is 288 g/mol. The maximum Gasteiger partial charge on any atom is 0.339 e. The van der Waals surface area contributed by atoms with Gasteiger partial charge in [-0.05, 0) is 12.1 Å². The van der Waals surface area contributed by atoms with Gasteiger partial charge in [0, 0.05) is 0 Å². The zero-order valence-electron chi connectivity index (χ0n) is 9.59. The highest BCUT2D eigenvalue weighted by atomic mass is 19.2. The summed E-state index contributed by atoms with van der Waals surface area (Å²) in [7, 11) is 0. The minimum Gasteiger partial charge on any atom is -0.453 e. The van der Waals surface area contributed by atoms with Crippen LogP contribution < -0.4 is 4.74 Å². The molecule has 2 nitrogen and oxygen atoms in total. The smallest absolute Gasteiger partial charge is 0.339 e. The molecule has 2 aromatic carbocycles. The van der Waals surface area contributed by atoms with Crippen LogP contribution in [0.1, 0.15) is 10.4 Å². The van der Waals surface area contributed by atoms with E-state index in [9.17, 15) is 26.7 Å². The maximum atomic E-state index is 13.5. The van der Waals surface area contributed by atoms with Crippen molar-refractivity contribution in [2.75, 3.05) is 0 Å². The SMILES string of the molecule is O=C(F)c1c(F)c(F)c(F)c(F)c1Oc1ccccc1. The fourth-order valence-corrected chi connectivity index (χ4v) is 1.49. The molecule has 0 aromatic heterocycles. The third kappa shape index (κ3) is 2.34. The molecule has 0 aliphatic rings. The number of ether oxygens (including phenoxy) is 1. The molecule has 104 valence electrons. The van der Waals surface area contributed by atoms with Crippen LogP contribution in [0.3, 0.4) is 0 Å². The highest BCUT2D eigenvalue weighted by molar-refractivity contribution is 5.92. The normalized spacial score (nSPS) is 10.4. The Labute approximate surface area is 109 Å². The highest BCUT2D eigenvalue weighted by Gasteiger charge is 2.31. The molecule has 0 aliphatic carbocycles. The van der Waals surface area contributed by atoms with Gasteiger partial charge in [0.2, 0.25) is 11.6 Å². The van der Waals surface area contributed by atoms with Crippen LogP contribution in [-0.2, 0) is 0 Å². The van der Waals surface area contributed by atoms with Crippen molar-refractivity contribution in [1.29, 1.82) is 0 Å². The van der Waals surface area contributed by atoms with Crippen LogP contribution in [-0.4, -0.2) is 6.04 Å². The molecule has 0 saturated heterocycles. The van der Waals surface area contributed by atoms with Crippen LogP contribution in [0.25, 0.3) is 0 Å². The molecule has 0 saturated carbocycles. The predicted molar refractivity (Wildman–Crippen MR) is 58.2 cm³/mol. The molecule has 2 aromatic rings.